The van der Waals surface area contributed by atoms with E-state index in [0.717, 1.165) is 77.0 Å². The van der Waals surface area contributed by atoms with E-state index >= 15 is 0 Å². The molecule has 1 atom stereocenters. The van der Waals surface area contributed by atoms with Crippen molar-refractivity contribution in [2.24, 2.45) is 0 Å². The molecule has 0 saturated heterocycles. The van der Waals surface area contributed by atoms with E-state index < -0.39 is 6.10 Å². The molecule has 0 aliphatic carbocycles. The summed E-state index contributed by atoms with van der Waals surface area (Å²) in [6.07, 6.45) is 96.1. The van der Waals surface area contributed by atoms with Gasteiger partial charge in [0.2, 0.25) is 0 Å². The molecule has 452 valence electrons. The van der Waals surface area contributed by atoms with Crippen molar-refractivity contribution >= 4 is 11.9 Å². The molecule has 0 aliphatic rings. The van der Waals surface area contributed by atoms with Gasteiger partial charge in [-0.2, -0.15) is 0 Å². The smallest absolute Gasteiger partial charge is 0.306 e. The maximum Gasteiger partial charge on any atom is 0.306 e. The number of allylic oxidation sites excluding steroid dienone is 14. The number of esters is 2. The van der Waals surface area contributed by atoms with Crippen LogP contribution in [0.5, 0.6) is 0 Å². The van der Waals surface area contributed by atoms with Gasteiger partial charge in [0.1, 0.15) is 6.61 Å². The van der Waals surface area contributed by atoms with Crippen LogP contribution in [0.2, 0.25) is 0 Å². The lowest BCUT2D eigenvalue weighted by atomic mass is 10.0. The number of carbonyl (C=O) groups excluding carboxylic acids is 2. The van der Waals surface area contributed by atoms with Crippen LogP contribution in [-0.2, 0) is 19.1 Å². The number of hydrogen-bond donors (Lipinski definition) is 1. The summed E-state index contributed by atoms with van der Waals surface area (Å²) < 4.78 is 10.8. The topological polar surface area (TPSA) is 72.8 Å². The van der Waals surface area contributed by atoms with E-state index in [9.17, 15) is 14.7 Å². The molecule has 0 fully saturated rings. The molecule has 0 heterocycles. The second-order valence-electron chi connectivity index (χ2n) is 22.9. The summed E-state index contributed by atoms with van der Waals surface area (Å²) in [5.74, 6) is -0.581. The molecule has 0 amide bonds. The molecule has 5 heteroatoms. The van der Waals surface area contributed by atoms with Gasteiger partial charge in [0, 0.05) is 12.8 Å². The zero-order valence-corrected chi connectivity index (χ0v) is 51.9. The third kappa shape index (κ3) is 65.6. The number of hydrogen-bond acceptors (Lipinski definition) is 5. The minimum atomic E-state index is -0.777. The van der Waals surface area contributed by atoms with Gasteiger partial charge in [0.15, 0.2) is 6.10 Å². The Morgan fingerprint density at radius 2 is 0.551 bits per heavy atom. The van der Waals surface area contributed by atoms with E-state index in [1.807, 2.05) is 0 Å². The third-order valence-electron chi connectivity index (χ3n) is 15.2. The SMILES string of the molecule is CC/C=C\C/C=C\C/C=C\C/C=C\C/C=C\CCCCCCCCCCCCCC(=O)OC(CO)COC(=O)CCCCCCCCCCCCCCCCCCCCCCCCCCC/C=C\C/C=C\CCCCCCC. The van der Waals surface area contributed by atoms with Crippen molar-refractivity contribution in [3.63, 3.8) is 0 Å². The Balaban J connectivity index is 3.42. The van der Waals surface area contributed by atoms with Crippen molar-refractivity contribution in [1.29, 1.82) is 0 Å². The highest BCUT2D eigenvalue weighted by molar-refractivity contribution is 5.70. The van der Waals surface area contributed by atoms with Crippen molar-refractivity contribution in [1.82, 2.24) is 0 Å². The maximum atomic E-state index is 12.3. The van der Waals surface area contributed by atoms with Gasteiger partial charge < -0.3 is 14.6 Å². The van der Waals surface area contributed by atoms with E-state index in [1.165, 1.54) is 244 Å². The summed E-state index contributed by atoms with van der Waals surface area (Å²) in [6, 6.07) is 0. The van der Waals surface area contributed by atoms with Crippen LogP contribution in [0.1, 0.15) is 348 Å². The molecule has 0 aliphatic heterocycles. The number of carbonyl (C=O) groups is 2. The van der Waals surface area contributed by atoms with E-state index in [2.05, 4.69) is 98.9 Å². The van der Waals surface area contributed by atoms with Gasteiger partial charge >= 0.3 is 11.9 Å². The predicted octanol–water partition coefficient (Wildman–Crippen LogP) is 23.7. The highest BCUT2D eigenvalue weighted by Crippen LogP contribution is 2.18. The van der Waals surface area contributed by atoms with E-state index in [4.69, 9.17) is 9.47 Å². The Labute approximate surface area is 486 Å². The van der Waals surface area contributed by atoms with Crippen LogP contribution in [0.4, 0.5) is 0 Å². The van der Waals surface area contributed by atoms with Crippen LogP contribution < -0.4 is 0 Å². The van der Waals surface area contributed by atoms with Gasteiger partial charge in [-0.05, 0) is 89.9 Å². The van der Waals surface area contributed by atoms with E-state index in [1.54, 1.807) is 0 Å². The van der Waals surface area contributed by atoms with Gasteiger partial charge in [-0.3, -0.25) is 9.59 Å². The predicted molar refractivity (Wildman–Crippen MR) is 343 cm³/mol. The van der Waals surface area contributed by atoms with E-state index in [0.29, 0.717) is 12.8 Å². The highest BCUT2D eigenvalue weighted by Gasteiger charge is 2.16. The number of ether oxygens (including phenoxy) is 2. The third-order valence-corrected chi connectivity index (χ3v) is 15.2. The number of rotatable bonds is 63. The molecular weight excluding hydrogens is 957 g/mol. The lowest BCUT2D eigenvalue weighted by Gasteiger charge is -2.15. The fraction of sp³-hybridized carbons (Fsp3) is 0.781. The first-order chi connectivity index (χ1) is 38.6. The second-order valence-corrected chi connectivity index (χ2v) is 22.9. The lowest BCUT2D eigenvalue weighted by Crippen LogP contribution is -2.28. The van der Waals surface area contributed by atoms with Gasteiger partial charge in [-0.25, -0.2) is 0 Å². The zero-order chi connectivity index (χ0) is 56.2. The normalized spacial score (nSPS) is 12.7. The first-order valence-electron chi connectivity index (χ1n) is 34.1. The summed E-state index contributed by atoms with van der Waals surface area (Å²) in [7, 11) is 0. The van der Waals surface area contributed by atoms with Crippen LogP contribution in [0, 0.1) is 0 Å². The molecule has 0 spiro atoms. The Bertz CT molecular complexity index is 1420. The summed E-state index contributed by atoms with van der Waals surface area (Å²) in [6.45, 7) is 4.05. The number of aliphatic hydroxyl groups excluding tert-OH is 1. The Kier molecular flexibility index (Phi) is 65.8. The molecule has 1 unspecified atom stereocenters. The standard InChI is InChI=1S/C73H130O5/c1-3-5-7-9-11-13-15-17-19-21-23-25-27-29-31-32-33-34-35-36-37-38-39-40-42-43-45-47-49-51-53-55-57-59-61-63-65-67-72(75)77-70-71(69-74)78-73(76)68-66-64-62-60-58-56-54-52-50-48-46-44-41-30-28-26-24-22-20-18-16-14-12-10-8-6-4-2/h6,8,12,14-15,17-18,20-21,23-24,26,30,41,71,74H,3-5,7,9-11,13,16,19,22,25,27-29,31-40,42-70H2,1-2H3/b8-6-,14-12-,17-15-,20-18-,23-21-,26-24-,41-30-. The van der Waals surface area contributed by atoms with Crippen LogP contribution in [0.15, 0.2) is 85.1 Å². The molecule has 0 aromatic rings. The Morgan fingerprint density at radius 1 is 0.308 bits per heavy atom. The van der Waals surface area contributed by atoms with E-state index in [-0.39, 0.29) is 25.2 Å². The quantitative estimate of drug-likeness (QED) is 0.0373. The minimum Gasteiger partial charge on any atom is -0.462 e. The molecule has 78 heavy (non-hydrogen) atoms. The molecule has 0 rings (SSSR count). The van der Waals surface area contributed by atoms with Crippen molar-refractivity contribution in [3.8, 4) is 0 Å². The molecule has 0 aromatic carbocycles. The van der Waals surface area contributed by atoms with Gasteiger partial charge in [0.25, 0.3) is 0 Å². The Hall–Kier alpha value is -2.92. The summed E-state index contributed by atoms with van der Waals surface area (Å²) >= 11 is 0. The van der Waals surface area contributed by atoms with Gasteiger partial charge in [0.05, 0.1) is 6.61 Å². The van der Waals surface area contributed by atoms with Crippen LogP contribution in [-0.4, -0.2) is 36.4 Å². The number of unbranched alkanes of at least 4 members (excludes halogenated alkanes) is 41. The monoisotopic (exact) mass is 1090 g/mol. The Morgan fingerprint density at radius 3 is 0.833 bits per heavy atom. The average molecular weight is 1090 g/mol. The summed E-state index contributed by atoms with van der Waals surface area (Å²) in [5.41, 5.74) is 0. The maximum absolute atomic E-state index is 12.3. The molecule has 0 aromatic heterocycles. The highest BCUT2D eigenvalue weighted by atomic mass is 16.6. The average Bonchev–Trinajstić information content (AvgIpc) is 3.44. The second kappa shape index (κ2) is 68.4. The molecule has 0 radical (unpaired) electrons. The molecule has 5 nitrogen and oxygen atoms in total. The summed E-state index contributed by atoms with van der Waals surface area (Å²) in [5, 5.41) is 9.69. The van der Waals surface area contributed by atoms with Gasteiger partial charge in [-0.1, -0.05) is 330 Å². The summed E-state index contributed by atoms with van der Waals surface area (Å²) in [4.78, 5) is 24.6. The molecule has 0 saturated carbocycles. The van der Waals surface area contributed by atoms with Crippen LogP contribution in [0.25, 0.3) is 0 Å². The largest absolute Gasteiger partial charge is 0.462 e. The molecule has 0 bridgehead atoms. The zero-order valence-electron chi connectivity index (χ0n) is 51.9. The first kappa shape index (κ1) is 75.1. The first-order valence-corrected chi connectivity index (χ1v) is 34.1. The van der Waals surface area contributed by atoms with Crippen molar-refractivity contribution in [2.45, 2.75) is 354 Å². The van der Waals surface area contributed by atoms with Crippen LogP contribution >= 0.6 is 0 Å². The minimum absolute atomic E-state index is 0.0662. The van der Waals surface area contributed by atoms with Gasteiger partial charge in [-0.15, -0.1) is 0 Å². The fourth-order valence-electron chi connectivity index (χ4n) is 10.1. The van der Waals surface area contributed by atoms with Crippen molar-refractivity contribution in [2.75, 3.05) is 13.2 Å². The van der Waals surface area contributed by atoms with Crippen molar-refractivity contribution in [3.05, 3.63) is 85.1 Å². The fourth-order valence-corrected chi connectivity index (χ4v) is 10.1. The van der Waals surface area contributed by atoms with Crippen molar-refractivity contribution < 1.29 is 24.2 Å². The molecular formula is C73H130O5. The lowest BCUT2D eigenvalue weighted by molar-refractivity contribution is -0.161. The number of aliphatic hydroxyl groups is 1. The van der Waals surface area contributed by atoms with Crippen LogP contribution in [0.3, 0.4) is 0 Å². The molecule has 1 N–H and O–H groups in total.